The summed E-state index contributed by atoms with van der Waals surface area (Å²) in [6, 6.07) is 7.32. The second-order valence-electron chi connectivity index (χ2n) is 3.88. The van der Waals surface area contributed by atoms with Crippen LogP contribution in [0.15, 0.2) is 35.7 Å². The summed E-state index contributed by atoms with van der Waals surface area (Å²) >= 11 is 2.17. The molecule has 0 fully saturated rings. The monoisotopic (exact) mass is 445 g/mol. The van der Waals surface area contributed by atoms with Gasteiger partial charge < -0.3 is 14.7 Å². The van der Waals surface area contributed by atoms with E-state index in [1.807, 2.05) is 12.1 Å². The first-order valence-electron chi connectivity index (χ1n) is 5.75. The Labute approximate surface area is 140 Å². The molecule has 0 aliphatic rings. The van der Waals surface area contributed by atoms with Crippen molar-refractivity contribution in [3.05, 3.63) is 39.3 Å². The van der Waals surface area contributed by atoms with Gasteiger partial charge in [0, 0.05) is 26.2 Å². The molecule has 9 heteroatoms. The molecule has 1 N–H and O–H groups in total. The Morgan fingerprint density at radius 2 is 2.00 bits per heavy atom. The fraction of sp³-hybridized carbons (Fsp3) is 0.250. The molecule has 21 heavy (non-hydrogen) atoms. The van der Waals surface area contributed by atoms with E-state index < -0.39 is 15.1 Å². The maximum atomic E-state index is 11.0. The molecule has 116 valence electrons. The number of hydrogen-bond acceptors (Lipinski definition) is 4. The van der Waals surface area contributed by atoms with E-state index >= 15 is 0 Å². The first kappa shape index (κ1) is 18.1. The number of benzene rings is 1. The highest BCUT2D eigenvalue weighted by Gasteiger charge is 2.10. The molecule has 6 nitrogen and oxygen atoms in total. The maximum absolute atomic E-state index is 11.0. The summed E-state index contributed by atoms with van der Waals surface area (Å²) in [6.07, 6.45) is -0.000689. The van der Waals surface area contributed by atoms with Crippen molar-refractivity contribution < 1.29 is 23.1 Å². The Morgan fingerprint density at radius 1 is 1.38 bits per heavy atom. The van der Waals surface area contributed by atoms with Crippen molar-refractivity contribution in [1.82, 2.24) is 4.90 Å². The third kappa shape index (κ3) is 8.12. The van der Waals surface area contributed by atoms with Crippen molar-refractivity contribution in [3.8, 4) is 5.75 Å². The van der Waals surface area contributed by atoms with Crippen LogP contribution in [0.5, 0.6) is 5.75 Å². The van der Waals surface area contributed by atoms with Crippen LogP contribution < -0.4 is 4.74 Å². The van der Waals surface area contributed by atoms with Crippen molar-refractivity contribution in [2.75, 3.05) is 19.7 Å². The normalized spacial score (nSPS) is 11.5. The van der Waals surface area contributed by atoms with Gasteiger partial charge in [-0.15, -0.1) is 0 Å². The van der Waals surface area contributed by atoms with Gasteiger partial charge in [-0.2, -0.15) is 0 Å². The third-order valence-corrected chi connectivity index (χ3v) is 3.84. The van der Waals surface area contributed by atoms with Crippen LogP contribution in [0, 0.1) is 3.57 Å². The molecule has 0 spiro atoms. The molecule has 0 aliphatic carbocycles. The van der Waals surface area contributed by atoms with Gasteiger partial charge in [0.25, 0.3) is 9.05 Å². The number of carboxylic acid groups (broad SMARTS) is 1. The number of ether oxygens (including phenoxy) is 1. The van der Waals surface area contributed by atoms with Gasteiger partial charge in [-0.1, -0.05) is 6.08 Å². The molecule has 1 aromatic carbocycles. The van der Waals surface area contributed by atoms with Crippen LogP contribution in [0.4, 0.5) is 4.79 Å². The van der Waals surface area contributed by atoms with Crippen LogP contribution in [0.2, 0.25) is 0 Å². The SMILES string of the molecule is O=C(O)N(CC=CS(=O)(=O)Cl)CCOc1ccc(I)cc1. The van der Waals surface area contributed by atoms with Gasteiger partial charge in [-0.05, 0) is 46.9 Å². The molecule has 0 saturated carbocycles. The van der Waals surface area contributed by atoms with E-state index in [2.05, 4.69) is 22.6 Å². The highest BCUT2D eigenvalue weighted by molar-refractivity contribution is 14.1. The minimum Gasteiger partial charge on any atom is -0.492 e. The summed E-state index contributed by atoms with van der Waals surface area (Å²) in [5.41, 5.74) is 0. The lowest BCUT2D eigenvalue weighted by Crippen LogP contribution is -2.33. The summed E-state index contributed by atoms with van der Waals surface area (Å²) < 4.78 is 27.9. The van der Waals surface area contributed by atoms with Crippen LogP contribution >= 0.6 is 33.3 Å². The quantitative estimate of drug-likeness (QED) is 0.515. The van der Waals surface area contributed by atoms with Crippen molar-refractivity contribution in [2.45, 2.75) is 0 Å². The van der Waals surface area contributed by atoms with Crippen molar-refractivity contribution in [3.63, 3.8) is 0 Å². The zero-order valence-electron chi connectivity index (χ0n) is 10.8. The van der Waals surface area contributed by atoms with Gasteiger partial charge in [-0.25, -0.2) is 13.2 Å². The maximum Gasteiger partial charge on any atom is 0.407 e. The van der Waals surface area contributed by atoms with Gasteiger partial charge >= 0.3 is 6.09 Å². The number of amides is 1. The van der Waals surface area contributed by atoms with E-state index in [1.165, 1.54) is 6.08 Å². The lowest BCUT2D eigenvalue weighted by molar-refractivity contribution is 0.141. The van der Waals surface area contributed by atoms with Gasteiger partial charge in [0.2, 0.25) is 0 Å². The second kappa shape index (κ2) is 8.44. The number of hydrogen-bond donors (Lipinski definition) is 1. The van der Waals surface area contributed by atoms with Crippen molar-refractivity contribution in [2.24, 2.45) is 0 Å². The summed E-state index contributed by atoms with van der Waals surface area (Å²) in [7, 11) is 1.21. The molecular formula is C12H13ClINO5S. The van der Waals surface area contributed by atoms with Crippen LogP contribution in [0.1, 0.15) is 0 Å². The minimum atomic E-state index is -3.77. The Bertz CT molecular complexity index is 603. The Morgan fingerprint density at radius 3 is 2.52 bits per heavy atom. The standard InChI is InChI=1S/C12H13ClINO5S/c13-21(18,19)9-1-6-15(12(16)17)7-8-20-11-4-2-10(14)3-5-11/h1-5,9H,6-8H2,(H,16,17). The Hall–Kier alpha value is -1.000. The predicted molar refractivity (Wildman–Crippen MR) is 88.2 cm³/mol. The molecule has 0 saturated heterocycles. The van der Waals surface area contributed by atoms with E-state index in [0.717, 1.165) is 13.9 Å². The summed E-state index contributed by atoms with van der Waals surface area (Å²) in [4.78, 5) is 12.0. The van der Waals surface area contributed by atoms with Gasteiger partial charge in [-0.3, -0.25) is 0 Å². The summed E-state index contributed by atoms with van der Waals surface area (Å²) in [6.45, 7) is 0.180. The topological polar surface area (TPSA) is 83.9 Å². The van der Waals surface area contributed by atoms with Gasteiger partial charge in [0.05, 0.1) is 6.54 Å². The fourth-order valence-corrected chi connectivity index (χ4v) is 2.25. The molecular weight excluding hydrogens is 433 g/mol. The molecule has 1 aromatic rings. The van der Waals surface area contributed by atoms with Crippen LogP contribution in [-0.4, -0.2) is 44.2 Å². The zero-order valence-corrected chi connectivity index (χ0v) is 14.5. The number of carbonyl (C=O) groups is 1. The smallest absolute Gasteiger partial charge is 0.407 e. The van der Waals surface area contributed by atoms with Gasteiger partial charge in [0.15, 0.2) is 0 Å². The van der Waals surface area contributed by atoms with Crippen LogP contribution in [0.25, 0.3) is 0 Å². The number of nitrogens with zero attached hydrogens (tertiary/aromatic N) is 1. The number of rotatable bonds is 7. The van der Waals surface area contributed by atoms with Crippen LogP contribution in [-0.2, 0) is 9.05 Å². The molecule has 0 aromatic heterocycles. The van der Waals surface area contributed by atoms with E-state index in [1.54, 1.807) is 12.1 Å². The average molecular weight is 446 g/mol. The summed E-state index contributed by atoms with van der Waals surface area (Å²) in [5, 5.41) is 9.74. The van der Waals surface area contributed by atoms with E-state index in [0.29, 0.717) is 5.75 Å². The number of halogens is 2. The van der Waals surface area contributed by atoms with E-state index in [4.69, 9.17) is 20.5 Å². The zero-order chi connectivity index (χ0) is 15.9. The molecule has 0 radical (unpaired) electrons. The lowest BCUT2D eigenvalue weighted by atomic mass is 10.3. The largest absolute Gasteiger partial charge is 0.492 e. The predicted octanol–water partition coefficient (Wildman–Crippen LogP) is 2.73. The molecule has 0 aliphatic heterocycles. The first-order chi connectivity index (χ1) is 9.78. The van der Waals surface area contributed by atoms with E-state index in [9.17, 15) is 13.2 Å². The second-order valence-corrected chi connectivity index (χ2v) is 7.64. The molecule has 0 unspecified atom stereocenters. The van der Waals surface area contributed by atoms with Crippen molar-refractivity contribution in [1.29, 1.82) is 0 Å². The molecule has 0 atom stereocenters. The van der Waals surface area contributed by atoms with E-state index in [-0.39, 0.29) is 19.7 Å². The molecule has 1 amide bonds. The summed E-state index contributed by atoms with van der Waals surface area (Å²) in [5.74, 6) is 0.639. The molecule has 0 heterocycles. The highest BCUT2D eigenvalue weighted by atomic mass is 127. The Balaban J connectivity index is 2.46. The minimum absolute atomic E-state index is 0.0860. The first-order valence-corrected chi connectivity index (χ1v) is 9.20. The third-order valence-electron chi connectivity index (χ3n) is 2.30. The lowest BCUT2D eigenvalue weighted by Gasteiger charge is -2.17. The highest BCUT2D eigenvalue weighted by Crippen LogP contribution is 2.13. The van der Waals surface area contributed by atoms with Crippen LogP contribution in [0.3, 0.4) is 0 Å². The average Bonchev–Trinajstić information content (AvgIpc) is 2.37. The fourth-order valence-electron chi connectivity index (χ4n) is 1.35. The Kier molecular flexibility index (Phi) is 7.26. The van der Waals surface area contributed by atoms with Gasteiger partial charge in [0.1, 0.15) is 12.4 Å². The molecule has 0 bridgehead atoms. The molecule has 1 rings (SSSR count). The van der Waals surface area contributed by atoms with Crippen molar-refractivity contribution >= 4 is 48.4 Å².